The SMILES string of the molecule is O=C(O)c1cc(-n2c(-c3ccc(Br)cc3)cc3c2CCC3)ccc1O. The zero-order valence-corrected chi connectivity index (χ0v) is 15.0. The third-order valence-electron chi connectivity index (χ3n) is 4.66. The van der Waals surface area contributed by atoms with Crippen LogP contribution in [0, 0.1) is 0 Å². The lowest BCUT2D eigenvalue weighted by Crippen LogP contribution is -2.04. The second-order valence-corrected chi connectivity index (χ2v) is 7.12. The van der Waals surface area contributed by atoms with E-state index in [9.17, 15) is 15.0 Å². The van der Waals surface area contributed by atoms with Crippen molar-refractivity contribution >= 4 is 21.9 Å². The van der Waals surface area contributed by atoms with Crippen LogP contribution in [0.2, 0.25) is 0 Å². The molecule has 0 bridgehead atoms. The monoisotopic (exact) mass is 397 g/mol. The van der Waals surface area contributed by atoms with E-state index >= 15 is 0 Å². The van der Waals surface area contributed by atoms with Gasteiger partial charge in [0.1, 0.15) is 11.3 Å². The Bertz CT molecular complexity index is 973. The van der Waals surface area contributed by atoms with E-state index in [0.717, 1.165) is 40.7 Å². The molecule has 0 unspecified atom stereocenters. The van der Waals surface area contributed by atoms with E-state index in [4.69, 9.17) is 0 Å². The standard InChI is InChI=1S/C20H16BrNO3/c21-14-6-4-12(5-7-14)18-10-13-2-1-3-17(13)22(18)15-8-9-19(23)16(11-15)20(24)25/h4-11,23H,1-3H2,(H,24,25). The zero-order valence-electron chi connectivity index (χ0n) is 13.4. The number of nitrogens with zero attached hydrogens (tertiary/aromatic N) is 1. The molecule has 0 aliphatic heterocycles. The summed E-state index contributed by atoms with van der Waals surface area (Å²) < 4.78 is 3.14. The maximum atomic E-state index is 11.4. The molecule has 25 heavy (non-hydrogen) atoms. The number of aromatic carboxylic acids is 1. The van der Waals surface area contributed by atoms with Crippen LogP contribution in [0.5, 0.6) is 5.75 Å². The highest BCUT2D eigenvalue weighted by Gasteiger charge is 2.22. The fourth-order valence-electron chi connectivity index (χ4n) is 3.50. The van der Waals surface area contributed by atoms with Gasteiger partial charge in [-0.3, -0.25) is 0 Å². The van der Waals surface area contributed by atoms with E-state index in [1.807, 2.05) is 24.3 Å². The number of aromatic hydroxyl groups is 1. The van der Waals surface area contributed by atoms with Crippen molar-refractivity contribution in [2.45, 2.75) is 19.3 Å². The third-order valence-corrected chi connectivity index (χ3v) is 5.19. The lowest BCUT2D eigenvalue weighted by atomic mass is 10.1. The minimum absolute atomic E-state index is 0.0836. The van der Waals surface area contributed by atoms with Crippen LogP contribution < -0.4 is 0 Å². The molecule has 0 spiro atoms. The Morgan fingerprint density at radius 2 is 1.80 bits per heavy atom. The van der Waals surface area contributed by atoms with Gasteiger partial charge in [-0.1, -0.05) is 28.1 Å². The molecule has 0 amide bonds. The highest BCUT2D eigenvalue weighted by atomic mass is 79.9. The van der Waals surface area contributed by atoms with Gasteiger partial charge >= 0.3 is 5.97 Å². The molecule has 1 aliphatic carbocycles. The highest BCUT2D eigenvalue weighted by Crippen LogP contribution is 2.36. The van der Waals surface area contributed by atoms with Gasteiger partial charge in [-0.25, -0.2) is 4.79 Å². The van der Waals surface area contributed by atoms with Crippen molar-refractivity contribution in [1.29, 1.82) is 0 Å². The molecule has 0 saturated heterocycles. The fourth-order valence-corrected chi connectivity index (χ4v) is 3.76. The topological polar surface area (TPSA) is 62.5 Å². The van der Waals surface area contributed by atoms with Crippen LogP contribution in [0.1, 0.15) is 28.0 Å². The molecule has 4 rings (SSSR count). The average Bonchev–Trinajstić information content (AvgIpc) is 3.17. The second-order valence-electron chi connectivity index (χ2n) is 6.20. The lowest BCUT2D eigenvalue weighted by Gasteiger charge is -2.14. The number of carbonyl (C=O) groups is 1. The van der Waals surface area contributed by atoms with Crippen molar-refractivity contribution in [3.05, 3.63) is 69.8 Å². The predicted molar refractivity (Wildman–Crippen MR) is 99.6 cm³/mol. The Morgan fingerprint density at radius 3 is 2.52 bits per heavy atom. The highest BCUT2D eigenvalue weighted by molar-refractivity contribution is 9.10. The number of fused-ring (bicyclic) bond motifs is 1. The Hall–Kier alpha value is -2.53. The van der Waals surface area contributed by atoms with Crippen LogP contribution in [0.25, 0.3) is 16.9 Å². The van der Waals surface area contributed by atoms with E-state index in [1.54, 1.807) is 12.1 Å². The van der Waals surface area contributed by atoms with E-state index in [-0.39, 0.29) is 11.3 Å². The first-order valence-electron chi connectivity index (χ1n) is 8.10. The summed E-state index contributed by atoms with van der Waals surface area (Å²) in [4.78, 5) is 11.4. The molecule has 1 aliphatic rings. The first kappa shape index (κ1) is 16.0. The summed E-state index contributed by atoms with van der Waals surface area (Å²) in [5.41, 5.74) is 5.32. The van der Waals surface area contributed by atoms with Gasteiger partial charge in [0.15, 0.2) is 0 Å². The molecular weight excluding hydrogens is 382 g/mol. The summed E-state index contributed by atoms with van der Waals surface area (Å²) in [6.45, 7) is 0. The van der Waals surface area contributed by atoms with Crippen molar-refractivity contribution in [3.8, 4) is 22.7 Å². The molecular formula is C20H16BrNO3. The van der Waals surface area contributed by atoms with Gasteiger partial charge in [0.2, 0.25) is 0 Å². The predicted octanol–water partition coefficient (Wildman–Crippen LogP) is 4.80. The molecule has 4 nitrogen and oxygen atoms in total. The van der Waals surface area contributed by atoms with Crippen molar-refractivity contribution in [1.82, 2.24) is 4.57 Å². The van der Waals surface area contributed by atoms with Crippen LogP contribution in [0.4, 0.5) is 0 Å². The van der Waals surface area contributed by atoms with E-state index < -0.39 is 5.97 Å². The van der Waals surface area contributed by atoms with Gasteiger partial charge in [0, 0.05) is 15.9 Å². The third kappa shape index (κ3) is 2.74. The van der Waals surface area contributed by atoms with Crippen LogP contribution in [0.15, 0.2) is 53.0 Å². The van der Waals surface area contributed by atoms with Crippen molar-refractivity contribution < 1.29 is 15.0 Å². The molecule has 1 heterocycles. The quantitative estimate of drug-likeness (QED) is 0.666. The zero-order chi connectivity index (χ0) is 17.6. The van der Waals surface area contributed by atoms with Gasteiger partial charge in [-0.2, -0.15) is 0 Å². The largest absolute Gasteiger partial charge is 0.507 e. The molecule has 0 saturated carbocycles. The maximum absolute atomic E-state index is 11.4. The molecule has 0 atom stereocenters. The van der Waals surface area contributed by atoms with Crippen molar-refractivity contribution in [2.75, 3.05) is 0 Å². The van der Waals surface area contributed by atoms with E-state index in [0.29, 0.717) is 0 Å². The van der Waals surface area contributed by atoms with Gasteiger partial charge < -0.3 is 14.8 Å². The normalized spacial score (nSPS) is 13.0. The number of benzene rings is 2. The van der Waals surface area contributed by atoms with Gasteiger partial charge in [-0.15, -0.1) is 0 Å². The molecule has 3 aromatic rings. The first-order valence-corrected chi connectivity index (χ1v) is 8.90. The number of aryl methyl sites for hydroxylation is 1. The lowest BCUT2D eigenvalue weighted by molar-refractivity contribution is 0.0693. The number of carboxylic acid groups (broad SMARTS) is 1. The molecule has 2 aromatic carbocycles. The molecule has 1 aromatic heterocycles. The summed E-state index contributed by atoms with van der Waals surface area (Å²) in [6, 6.07) is 15.0. The molecule has 126 valence electrons. The van der Waals surface area contributed by atoms with Crippen LogP contribution in [-0.4, -0.2) is 20.7 Å². The first-order chi connectivity index (χ1) is 12.0. The summed E-state index contributed by atoms with van der Waals surface area (Å²) in [7, 11) is 0. The molecule has 5 heteroatoms. The van der Waals surface area contributed by atoms with Gasteiger partial charge in [0.25, 0.3) is 0 Å². The van der Waals surface area contributed by atoms with Crippen molar-refractivity contribution in [3.63, 3.8) is 0 Å². The number of hydrogen-bond donors (Lipinski definition) is 2. The van der Waals surface area contributed by atoms with Crippen LogP contribution in [-0.2, 0) is 12.8 Å². The molecule has 2 N–H and O–H groups in total. The smallest absolute Gasteiger partial charge is 0.339 e. The van der Waals surface area contributed by atoms with Crippen LogP contribution in [0.3, 0.4) is 0 Å². The van der Waals surface area contributed by atoms with E-state index in [2.05, 4.69) is 26.6 Å². The summed E-state index contributed by atoms with van der Waals surface area (Å²) in [6.07, 6.45) is 3.11. The number of carboxylic acids is 1. The Kier molecular flexibility index (Phi) is 3.88. The van der Waals surface area contributed by atoms with Crippen molar-refractivity contribution in [2.24, 2.45) is 0 Å². The summed E-state index contributed by atoms with van der Waals surface area (Å²) in [5.74, 6) is -1.35. The maximum Gasteiger partial charge on any atom is 0.339 e. The van der Waals surface area contributed by atoms with E-state index in [1.165, 1.54) is 17.3 Å². The number of phenols is 1. The number of rotatable bonds is 3. The Balaban J connectivity index is 1.94. The molecule has 0 radical (unpaired) electrons. The molecule has 0 fully saturated rings. The number of halogens is 1. The number of hydrogen-bond acceptors (Lipinski definition) is 2. The minimum atomic E-state index is -1.13. The van der Waals surface area contributed by atoms with Gasteiger partial charge in [-0.05, 0) is 66.8 Å². The minimum Gasteiger partial charge on any atom is -0.507 e. The van der Waals surface area contributed by atoms with Crippen LogP contribution >= 0.6 is 15.9 Å². The fraction of sp³-hybridized carbons (Fsp3) is 0.150. The summed E-state index contributed by atoms with van der Waals surface area (Å²) in [5, 5.41) is 19.1. The summed E-state index contributed by atoms with van der Waals surface area (Å²) >= 11 is 3.46. The Morgan fingerprint density at radius 1 is 1.04 bits per heavy atom. The second kappa shape index (κ2) is 6.08. The average molecular weight is 398 g/mol. The Labute approximate surface area is 153 Å². The number of aromatic nitrogens is 1. The van der Waals surface area contributed by atoms with Gasteiger partial charge in [0.05, 0.1) is 5.69 Å².